The van der Waals surface area contributed by atoms with Crippen molar-refractivity contribution < 1.29 is 13.2 Å². The van der Waals surface area contributed by atoms with Gasteiger partial charge < -0.3 is 5.32 Å². The van der Waals surface area contributed by atoms with Gasteiger partial charge in [-0.3, -0.25) is 4.79 Å². The summed E-state index contributed by atoms with van der Waals surface area (Å²) in [6.07, 6.45) is 0. The highest BCUT2D eigenvalue weighted by molar-refractivity contribution is 7.89. The van der Waals surface area contributed by atoms with Crippen molar-refractivity contribution in [3.8, 4) is 0 Å². The lowest BCUT2D eigenvalue weighted by Crippen LogP contribution is -2.40. The molecule has 2 aromatic rings. The topological polar surface area (TPSA) is 66.5 Å². The molecule has 1 heterocycles. The van der Waals surface area contributed by atoms with Crippen molar-refractivity contribution in [2.45, 2.75) is 18.4 Å². The molecule has 5 nitrogen and oxygen atoms in total. The summed E-state index contributed by atoms with van der Waals surface area (Å²) in [6.45, 7) is 1.92. The van der Waals surface area contributed by atoms with Crippen molar-refractivity contribution in [2.75, 3.05) is 13.1 Å². The summed E-state index contributed by atoms with van der Waals surface area (Å²) in [6, 6.07) is 7.86. The van der Waals surface area contributed by atoms with Gasteiger partial charge in [0.2, 0.25) is 15.9 Å². The Morgan fingerprint density at radius 1 is 1.25 bits per heavy atom. The number of nitrogens with one attached hydrogen (secondary N) is 1. The number of benzene rings is 1. The zero-order valence-electron chi connectivity index (χ0n) is 12.8. The maximum absolute atomic E-state index is 12.7. The number of thiophene rings is 1. The van der Waals surface area contributed by atoms with Crippen LogP contribution in [0.15, 0.2) is 40.6 Å². The lowest BCUT2D eigenvalue weighted by Gasteiger charge is -2.20. The van der Waals surface area contributed by atoms with E-state index in [1.165, 1.54) is 29.5 Å². The first-order chi connectivity index (χ1) is 11.3. The first-order valence-corrected chi connectivity index (χ1v) is 10.2. The zero-order chi connectivity index (χ0) is 17.7. The van der Waals surface area contributed by atoms with E-state index < -0.39 is 10.0 Å². The normalized spacial score (nSPS) is 11.7. The SMILES string of the molecule is CCN(CC(=O)NCc1cccs1)S(=O)(=O)c1cc(Cl)cc(Cl)c1. The quantitative estimate of drug-likeness (QED) is 0.765. The number of carbonyl (C=O) groups excluding carboxylic acids is 1. The lowest BCUT2D eigenvalue weighted by molar-refractivity contribution is -0.121. The van der Waals surface area contributed by atoms with Gasteiger partial charge in [0, 0.05) is 21.5 Å². The third kappa shape index (κ3) is 4.94. The molecule has 0 radical (unpaired) electrons. The number of amides is 1. The number of nitrogens with zero attached hydrogens (tertiary/aromatic N) is 1. The first kappa shape index (κ1) is 19.2. The van der Waals surface area contributed by atoms with Crippen LogP contribution in [0.5, 0.6) is 0 Å². The molecule has 0 bridgehead atoms. The zero-order valence-corrected chi connectivity index (χ0v) is 16.0. The number of rotatable bonds is 7. The number of halogens is 2. The van der Waals surface area contributed by atoms with Gasteiger partial charge in [0.05, 0.1) is 18.0 Å². The molecule has 0 saturated heterocycles. The van der Waals surface area contributed by atoms with Crippen LogP contribution in [0.1, 0.15) is 11.8 Å². The molecule has 0 atom stereocenters. The molecule has 1 amide bonds. The van der Waals surface area contributed by atoms with Crippen LogP contribution in [0.4, 0.5) is 0 Å². The number of hydrogen-bond donors (Lipinski definition) is 1. The molecule has 0 unspecified atom stereocenters. The van der Waals surface area contributed by atoms with E-state index in [9.17, 15) is 13.2 Å². The highest BCUT2D eigenvalue weighted by atomic mass is 35.5. The molecule has 1 aromatic carbocycles. The molecule has 0 fully saturated rings. The maximum atomic E-state index is 12.7. The van der Waals surface area contributed by atoms with Gasteiger partial charge in [-0.15, -0.1) is 11.3 Å². The van der Waals surface area contributed by atoms with E-state index in [4.69, 9.17) is 23.2 Å². The van der Waals surface area contributed by atoms with Crippen LogP contribution in [0.3, 0.4) is 0 Å². The number of hydrogen-bond acceptors (Lipinski definition) is 4. The molecule has 130 valence electrons. The molecule has 9 heteroatoms. The summed E-state index contributed by atoms with van der Waals surface area (Å²) in [5.41, 5.74) is 0. The second-order valence-corrected chi connectivity index (χ2v) is 8.74. The van der Waals surface area contributed by atoms with E-state index in [-0.39, 0.29) is 33.9 Å². The molecule has 1 N–H and O–H groups in total. The van der Waals surface area contributed by atoms with Gasteiger partial charge in [-0.1, -0.05) is 36.2 Å². The molecule has 1 aromatic heterocycles. The van der Waals surface area contributed by atoms with Crippen LogP contribution in [0, 0.1) is 0 Å². The summed E-state index contributed by atoms with van der Waals surface area (Å²) in [5.74, 6) is -0.373. The summed E-state index contributed by atoms with van der Waals surface area (Å²) >= 11 is 13.3. The van der Waals surface area contributed by atoms with Crippen molar-refractivity contribution in [2.24, 2.45) is 0 Å². The summed E-state index contributed by atoms with van der Waals surface area (Å²) in [4.78, 5) is 13.0. The molecule has 24 heavy (non-hydrogen) atoms. The summed E-state index contributed by atoms with van der Waals surface area (Å²) in [7, 11) is -3.86. The summed E-state index contributed by atoms with van der Waals surface area (Å²) in [5, 5.41) is 5.06. The van der Waals surface area contributed by atoms with Crippen LogP contribution in [0.2, 0.25) is 10.0 Å². The van der Waals surface area contributed by atoms with E-state index in [2.05, 4.69) is 5.32 Å². The van der Waals surface area contributed by atoms with Gasteiger partial charge >= 0.3 is 0 Å². The predicted molar refractivity (Wildman–Crippen MR) is 97.1 cm³/mol. The Morgan fingerprint density at radius 2 is 1.92 bits per heavy atom. The highest BCUT2D eigenvalue weighted by Gasteiger charge is 2.26. The standard InChI is InChI=1S/C15H16Cl2N2O3S2/c1-2-19(10-15(20)18-9-13-4-3-5-23-13)24(21,22)14-7-11(16)6-12(17)8-14/h3-8H,2,9-10H2,1H3,(H,18,20). The fraction of sp³-hybridized carbons (Fsp3) is 0.267. The van der Waals surface area contributed by atoms with E-state index in [0.717, 1.165) is 9.18 Å². The fourth-order valence-corrected chi connectivity index (χ4v) is 4.79. The molecule has 0 aliphatic rings. The lowest BCUT2D eigenvalue weighted by atomic mass is 10.4. The van der Waals surface area contributed by atoms with Gasteiger partial charge in [-0.25, -0.2) is 8.42 Å². The average molecular weight is 407 g/mol. The number of likely N-dealkylation sites (N-methyl/N-ethyl adjacent to an activating group) is 1. The smallest absolute Gasteiger partial charge is 0.243 e. The van der Waals surface area contributed by atoms with Crippen LogP contribution in [0.25, 0.3) is 0 Å². The van der Waals surface area contributed by atoms with Gasteiger partial charge in [-0.05, 0) is 29.6 Å². The Kier molecular flexibility index (Phi) is 6.65. The monoisotopic (exact) mass is 406 g/mol. The van der Waals surface area contributed by atoms with Crippen molar-refractivity contribution in [3.05, 3.63) is 50.6 Å². The minimum absolute atomic E-state index is 0.0343. The Hall–Kier alpha value is -1.12. The van der Waals surface area contributed by atoms with Gasteiger partial charge in [0.15, 0.2) is 0 Å². The second-order valence-electron chi connectivity index (χ2n) is 4.89. The van der Waals surface area contributed by atoms with Crippen molar-refractivity contribution in [1.82, 2.24) is 9.62 Å². The predicted octanol–water partition coefficient (Wildman–Crippen LogP) is 3.38. The molecule has 0 spiro atoms. The fourth-order valence-electron chi connectivity index (χ4n) is 2.01. The molecule has 0 saturated carbocycles. The van der Waals surface area contributed by atoms with E-state index in [1.807, 2.05) is 17.5 Å². The number of carbonyl (C=O) groups is 1. The van der Waals surface area contributed by atoms with Crippen LogP contribution in [-0.2, 0) is 21.4 Å². The Morgan fingerprint density at radius 3 is 2.46 bits per heavy atom. The van der Waals surface area contributed by atoms with Gasteiger partial charge in [0.25, 0.3) is 0 Å². The molecule has 0 aliphatic carbocycles. The largest absolute Gasteiger partial charge is 0.350 e. The van der Waals surface area contributed by atoms with Crippen molar-refractivity contribution >= 4 is 50.5 Å². The van der Waals surface area contributed by atoms with E-state index >= 15 is 0 Å². The summed E-state index contributed by atoms with van der Waals surface area (Å²) < 4.78 is 26.4. The molecular formula is C15H16Cl2N2O3S2. The van der Waals surface area contributed by atoms with E-state index in [1.54, 1.807) is 6.92 Å². The van der Waals surface area contributed by atoms with Crippen LogP contribution < -0.4 is 5.32 Å². The highest BCUT2D eigenvalue weighted by Crippen LogP contribution is 2.24. The van der Waals surface area contributed by atoms with Gasteiger partial charge in [0.1, 0.15) is 0 Å². The number of sulfonamides is 1. The molecule has 2 rings (SSSR count). The first-order valence-electron chi connectivity index (χ1n) is 7.08. The van der Waals surface area contributed by atoms with Crippen molar-refractivity contribution in [3.63, 3.8) is 0 Å². The molecule has 0 aliphatic heterocycles. The Balaban J connectivity index is 2.09. The third-order valence-corrected chi connectivity index (χ3v) is 6.40. The average Bonchev–Trinajstić information content (AvgIpc) is 3.02. The second kappa shape index (κ2) is 8.31. The van der Waals surface area contributed by atoms with Crippen LogP contribution in [-0.4, -0.2) is 31.7 Å². The molecular weight excluding hydrogens is 391 g/mol. The Labute approximate surface area is 155 Å². The minimum Gasteiger partial charge on any atom is -0.350 e. The maximum Gasteiger partial charge on any atom is 0.243 e. The van der Waals surface area contributed by atoms with Crippen LogP contribution >= 0.6 is 34.5 Å². The third-order valence-electron chi connectivity index (χ3n) is 3.19. The van der Waals surface area contributed by atoms with Crippen molar-refractivity contribution in [1.29, 1.82) is 0 Å². The van der Waals surface area contributed by atoms with Gasteiger partial charge in [-0.2, -0.15) is 4.31 Å². The Bertz CT molecular complexity index is 788. The minimum atomic E-state index is -3.86. The van der Waals surface area contributed by atoms with E-state index in [0.29, 0.717) is 6.54 Å².